The first kappa shape index (κ1) is 18.1. The molecule has 1 amide bonds. The van der Waals surface area contributed by atoms with Gasteiger partial charge in [0.25, 0.3) is 5.91 Å². The quantitative estimate of drug-likeness (QED) is 0.532. The first-order chi connectivity index (χ1) is 14.6. The minimum atomic E-state index is -0.0766. The van der Waals surface area contributed by atoms with Crippen molar-refractivity contribution in [3.63, 3.8) is 0 Å². The predicted octanol–water partition coefficient (Wildman–Crippen LogP) is 3.70. The molecule has 4 heterocycles. The second-order valence-corrected chi connectivity index (χ2v) is 7.34. The number of amides is 1. The number of pyridine rings is 2. The number of H-pyrrole nitrogens is 1. The number of benzene rings is 1. The van der Waals surface area contributed by atoms with E-state index in [1.54, 1.807) is 43.5 Å². The number of nitrogens with one attached hydrogen (secondary N) is 1. The molecule has 3 aromatic heterocycles. The fraction of sp³-hybridized carbons (Fsp3) is 0.130. The van der Waals surface area contributed by atoms with E-state index in [9.17, 15) is 9.59 Å². The van der Waals surface area contributed by atoms with Crippen LogP contribution in [0.2, 0.25) is 0 Å². The van der Waals surface area contributed by atoms with Crippen LogP contribution in [0.1, 0.15) is 26.4 Å². The Kier molecular flexibility index (Phi) is 4.10. The summed E-state index contributed by atoms with van der Waals surface area (Å²) < 4.78 is 6.20. The van der Waals surface area contributed by atoms with Crippen LogP contribution in [0, 0.1) is 0 Å². The lowest BCUT2D eigenvalue weighted by atomic mass is 9.97. The molecule has 5 rings (SSSR count). The van der Waals surface area contributed by atoms with Gasteiger partial charge in [-0.1, -0.05) is 12.1 Å². The van der Waals surface area contributed by atoms with Gasteiger partial charge in [-0.15, -0.1) is 0 Å². The van der Waals surface area contributed by atoms with Crippen LogP contribution < -0.4 is 4.74 Å². The molecule has 148 valence electrons. The summed E-state index contributed by atoms with van der Waals surface area (Å²) in [6.45, 7) is 0.230. The highest BCUT2D eigenvalue weighted by Crippen LogP contribution is 2.44. The van der Waals surface area contributed by atoms with Crippen molar-refractivity contribution >= 4 is 23.2 Å². The zero-order chi connectivity index (χ0) is 20.8. The number of aldehydes is 1. The summed E-state index contributed by atoms with van der Waals surface area (Å²) in [7, 11) is 3.45. The summed E-state index contributed by atoms with van der Waals surface area (Å²) in [6, 6.07) is 9.09. The molecule has 0 bridgehead atoms. The first-order valence-electron chi connectivity index (χ1n) is 9.47. The van der Waals surface area contributed by atoms with Crippen molar-refractivity contribution in [3.05, 3.63) is 65.7 Å². The van der Waals surface area contributed by atoms with Gasteiger partial charge in [0.05, 0.1) is 11.1 Å². The van der Waals surface area contributed by atoms with E-state index in [2.05, 4.69) is 15.0 Å². The smallest absolute Gasteiger partial charge is 0.253 e. The molecule has 0 radical (unpaired) electrons. The summed E-state index contributed by atoms with van der Waals surface area (Å²) in [5.74, 6) is 0.577. The van der Waals surface area contributed by atoms with Crippen molar-refractivity contribution in [2.75, 3.05) is 14.1 Å². The van der Waals surface area contributed by atoms with Crippen LogP contribution >= 0.6 is 0 Å². The second-order valence-electron chi connectivity index (χ2n) is 7.34. The van der Waals surface area contributed by atoms with Crippen molar-refractivity contribution in [2.24, 2.45) is 0 Å². The number of nitrogens with zero attached hydrogens (tertiary/aromatic N) is 3. The zero-order valence-corrected chi connectivity index (χ0v) is 16.5. The van der Waals surface area contributed by atoms with Crippen molar-refractivity contribution in [2.45, 2.75) is 6.61 Å². The number of aromatic amines is 1. The third-order valence-electron chi connectivity index (χ3n) is 5.29. The maximum atomic E-state index is 12.4. The third kappa shape index (κ3) is 2.67. The van der Waals surface area contributed by atoms with E-state index < -0.39 is 0 Å². The van der Waals surface area contributed by atoms with Crippen molar-refractivity contribution in [1.82, 2.24) is 19.9 Å². The van der Waals surface area contributed by atoms with E-state index in [1.807, 2.05) is 24.4 Å². The highest BCUT2D eigenvalue weighted by Gasteiger charge is 2.25. The van der Waals surface area contributed by atoms with Gasteiger partial charge in [0.15, 0.2) is 6.29 Å². The number of hydrogen-bond donors (Lipinski definition) is 1. The molecule has 1 aliphatic rings. The van der Waals surface area contributed by atoms with Crippen LogP contribution in [-0.2, 0) is 6.61 Å². The average molecular weight is 398 g/mol. The van der Waals surface area contributed by atoms with Crippen LogP contribution in [0.4, 0.5) is 0 Å². The number of fused-ring (bicyclic) bond motifs is 2. The molecule has 1 N–H and O–H groups in total. The summed E-state index contributed by atoms with van der Waals surface area (Å²) in [4.78, 5) is 37.8. The van der Waals surface area contributed by atoms with Crippen molar-refractivity contribution in [1.29, 1.82) is 0 Å². The maximum Gasteiger partial charge on any atom is 0.253 e. The topological polar surface area (TPSA) is 88.2 Å². The lowest BCUT2D eigenvalue weighted by Crippen LogP contribution is -2.21. The van der Waals surface area contributed by atoms with Gasteiger partial charge < -0.3 is 14.6 Å². The number of carbonyl (C=O) groups excluding carboxylic acids is 2. The number of aromatic nitrogens is 3. The molecular weight excluding hydrogens is 380 g/mol. The summed E-state index contributed by atoms with van der Waals surface area (Å²) in [6.07, 6.45) is 6.01. The number of hydrogen-bond acceptors (Lipinski definition) is 5. The molecule has 7 nitrogen and oxygen atoms in total. The molecule has 1 aromatic carbocycles. The molecule has 4 aromatic rings. The zero-order valence-electron chi connectivity index (χ0n) is 16.5. The standard InChI is InChI=1S/C23H18N4O3/c1-27(2)23(29)14-5-3-4-13(8-14)16-9-25-22-20-17(10-26-22)19-15(11-28)6-7-24-18(19)12-30-21(16)20/h3-11H,12H2,1-2H3,(H,25,26). The van der Waals surface area contributed by atoms with E-state index in [0.29, 0.717) is 28.2 Å². The Morgan fingerprint density at radius 1 is 1.20 bits per heavy atom. The van der Waals surface area contributed by atoms with Crippen molar-refractivity contribution < 1.29 is 14.3 Å². The second kappa shape index (κ2) is 6.81. The Morgan fingerprint density at radius 2 is 2.07 bits per heavy atom. The van der Waals surface area contributed by atoms with E-state index in [4.69, 9.17) is 4.74 Å². The predicted molar refractivity (Wildman–Crippen MR) is 112 cm³/mol. The molecule has 0 aliphatic carbocycles. The third-order valence-corrected chi connectivity index (χ3v) is 5.29. The summed E-state index contributed by atoms with van der Waals surface area (Å²) >= 11 is 0. The normalized spacial score (nSPS) is 12.1. The first-order valence-corrected chi connectivity index (χ1v) is 9.47. The minimum absolute atomic E-state index is 0.0766. The molecule has 0 saturated carbocycles. The van der Waals surface area contributed by atoms with E-state index in [-0.39, 0.29) is 12.5 Å². The van der Waals surface area contributed by atoms with E-state index in [0.717, 1.165) is 33.9 Å². The fourth-order valence-corrected chi connectivity index (χ4v) is 3.88. The molecule has 0 saturated heterocycles. The Hall–Kier alpha value is -4.00. The summed E-state index contributed by atoms with van der Waals surface area (Å²) in [5, 5.41) is 0.798. The highest BCUT2D eigenvalue weighted by atomic mass is 16.5. The maximum absolute atomic E-state index is 12.4. The van der Waals surface area contributed by atoms with Gasteiger partial charge in [0.2, 0.25) is 0 Å². The SMILES string of the molecule is CN(C)C(=O)c1cccc(-c2cnc3[nH]cc4c3c2OCc2nccc(C=O)c2-4)c1. The van der Waals surface area contributed by atoms with Gasteiger partial charge in [-0.3, -0.25) is 14.6 Å². The molecule has 0 atom stereocenters. The van der Waals surface area contributed by atoms with Gasteiger partial charge in [-0.2, -0.15) is 0 Å². The Morgan fingerprint density at radius 3 is 2.87 bits per heavy atom. The van der Waals surface area contributed by atoms with Gasteiger partial charge in [-0.05, 0) is 23.8 Å². The van der Waals surface area contributed by atoms with Crippen LogP contribution in [0.3, 0.4) is 0 Å². The minimum Gasteiger partial charge on any atom is -0.486 e. The fourth-order valence-electron chi connectivity index (χ4n) is 3.88. The number of ether oxygens (including phenoxy) is 1. The Bertz CT molecular complexity index is 1320. The van der Waals surface area contributed by atoms with Crippen LogP contribution in [0.25, 0.3) is 33.3 Å². The van der Waals surface area contributed by atoms with Crippen molar-refractivity contribution in [3.8, 4) is 28.0 Å². The lowest BCUT2D eigenvalue weighted by Gasteiger charge is -2.14. The molecule has 1 aliphatic heterocycles. The van der Waals surface area contributed by atoms with Gasteiger partial charge in [0, 0.05) is 60.5 Å². The van der Waals surface area contributed by atoms with Gasteiger partial charge >= 0.3 is 0 Å². The largest absolute Gasteiger partial charge is 0.486 e. The Labute approximate surface area is 172 Å². The highest BCUT2D eigenvalue weighted by molar-refractivity contribution is 6.06. The van der Waals surface area contributed by atoms with E-state index in [1.165, 1.54) is 0 Å². The van der Waals surface area contributed by atoms with E-state index >= 15 is 0 Å². The lowest BCUT2D eigenvalue weighted by molar-refractivity contribution is 0.0827. The average Bonchev–Trinajstić information content (AvgIpc) is 3.12. The van der Waals surface area contributed by atoms with Crippen LogP contribution in [0.15, 0.2) is 48.9 Å². The molecule has 30 heavy (non-hydrogen) atoms. The number of carbonyl (C=O) groups is 2. The molecule has 0 fully saturated rings. The molecular formula is C23H18N4O3. The Balaban J connectivity index is 1.75. The van der Waals surface area contributed by atoms with Gasteiger partial charge in [-0.25, -0.2) is 4.98 Å². The monoisotopic (exact) mass is 398 g/mol. The molecule has 0 spiro atoms. The molecule has 7 heteroatoms. The van der Waals surface area contributed by atoms with Crippen LogP contribution in [-0.4, -0.2) is 46.1 Å². The van der Waals surface area contributed by atoms with Crippen LogP contribution in [0.5, 0.6) is 5.75 Å². The number of rotatable bonds is 3. The molecule has 0 unspecified atom stereocenters. The summed E-state index contributed by atoms with van der Waals surface area (Å²) in [5.41, 5.74) is 5.69. The van der Waals surface area contributed by atoms with Gasteiger partial charge in [0.1, 0.15) is 18.0 Å².